The van der Waals surface area contributed by atoms with E-state index in [1.165, 1.54) is 24.3 Å². The van der Waals surface area contributed by atoms with Gasteiger partial charge in [0.1, 0.15) is 5.75 Å². The molecule has 7 heteroatoms. The third-order valence-electron chi connectivity index (χ3n) is 4.09. The predicted octanol–water partition coefficient (Wildman–Crippen LogP) is 4.10. The average molecular weight is 391 g/mol. The van der Waals surface area contributed by atoms with E-state index in [1.54, 1.807) is 33.1 Å². The summed E-state index contributed by atoms with van der Waals surface area (Å²) < 4.78 is 38.6. The van der Waals surface area contributed by atoms with Crippen LogP contribution in [0.4, 0.5) is 5.69 Å². The molecule has 0 aliphatic rings. The van der Waals surface area contributed by atoms with E-state index in [9.17, 15) is 13.2 Å². The van der Waals surface area contributed by atoms with Gasteiger partial charge in [-0.15, -0.1) is 0 Å². The quantitative estimate of drug-likeness (QED) is 0.719. The Kier molecular flexibility index (Phi) is 6.49. The van der Waals surface area contributed by atoms with E-state index >= 15 is 0 Å². The van der Waals surface area contributed by atoms with E-state index in [2.05, 4.69) is 4.72 Å². The van der Waals surface area contributed by atoms with Gasteiger partial charge in [0.2, 0.25) is 0 Å². The zero-order valence-electron chi connectivity index (χ0n) is 16.2. The molecule has 0 heterocycles. The molecule has 1 N–H and O–H groups in total. The summed E-state index contributed by atoms with van der Waals surface area (Å²) in [7, 11) is -2.22. The number of rotatable bonds is 7. The van der Waals surface area contributed by atoms with Crippen LogP contribution in [0.3, 0.4) is 0 Å². The summed E-state index contributed by atoms with van der Waals surface area (Å²) in [5, 5.41) is 0. The maximum atomic E-state index is 12.9. The zero-order valence-corrected chi connectivity index (χ0v) is 17.0. The van der Waals surface area contributed by atoms with Crippen molar-refractivity contribution in [1.82, 2.24) is 0 Å². The molecule has 0 aliphatic heterocycles. The molecular formula is C20H25NO5S. The Bertz CT molecular complexity index is 918. The first-order chi connectivity index (χ1) is 12.7. The van der Waals surface area contributed by atoms with Gasteiger partial charge in [-0.3, -0.25) is 4.72 Å². The van der Waals surface area contributed by atoms with Crippen molar-refractivity contribution < 1.29 is 22.7 Å². The van der Waals surface area contributed by atoms with Crippen molar-refractivity contribution in [1.29, 1.82) is 0 Å². The Morgan fingerprint density at radius 2 is 1.78 bits per heavy atom. The van der Waals surface area contributed by atoms with Gasteiger partial charge in [-0.25, -0.2) is 13.2 Å². The van der Waals surface area contributed by atoms with Gasteiger partial charge in [0, 0.05) is 5.69 Å². The van der Waals surface area contributed by atoms with E-state index in [-0.39, 0.29) is 17.4 Å². The third-order valence-corrected chi connectivity index (χ3v) is 5.61. The molecule has 27 heavy (non-hydrogen) atoms. The van der Waals surface area contributed by atoms with Gasteiger partial charge in [0.15, 0.2) is 0 Å². The van der Waals surface area contributed by atoms with Crippen LogP contribution in [0.2, 0.25) is 0 Å². The topological polar surface area (TPSA) is 81.7 Å². The highest BCUT2D eigenvalue weighted by molar-refractivity contribution is 7.92. The third kappa shape index (κ3) is 4.80. The molecule has 0 amide bonds. The highest BCUT2D eigenvalue weighted by atomic mass is 32.2. The number of sulfonamides is 1. The Morgan fingerprint density at radius 1 is 1.15 bits per heavy atom. The van der Waals surface area contributed by atoms with Crippen molar-refractivity contribution in [3.05, 3.63) is 53.1 Å². The molecule has 2 rings (SSSR count). The maximum absolute atomic E-state index is 12.9. The number of hydrogen-bond acceptors (Lipinski definition) is 5. The van der Waals surface area contributed by atoms with Crippen molar-refractivity contribution in [3.63, 3.8) is 0 Å². The summed E-state index contributed by atoms with van der Waals surface area (Å²) in [5.41, 5.74) is 2.14. The lowest BCUT2D eigenvalue weighted by Crippen LogP contribution is -2.15. The largest absolute Gasteiger partial charge is 0.496 e. The van der Waals surface area contributed by atoms with Crippen LogP contribution in [0.25, 0.3) is 0 Å². The van der Waals surface area contributed by atoms with E-state index in [0.29, 0.717) is 22.6 Å². The summed E-state index contributed by atoms with van der Waals surface area (Å²) in [5.74, 6) is 0.332. The molecule has 0 spiro atoms. The monoisotopic (exact) mass is 391 g/mol. The molecule has 146 valence electrons. The molecule has 0 fully saturated rings. The van der Waals surface area contributed by atoms with Gasteiger partial charge < -0.3 is 9.47 Å². The van der Waals surface area contributed by atoms with Gasteiger partial charge in [0.25, 0.3) is 10.0 Å². The van der Waals surface area contributed by atoms with E-state index in [4.69, 9.17) is 9.47 Å². The van der Waals surface area contributed by atoms with Crippen molar-refractivity contribution >= 4 is 21.7 Å². The number of aryl methyl sites for hydroxylation is 1. The summed E-state index contributed by atoms with van der Waals surface area (Å²) in [6, 6.07) is 9.49. The summed E-state index contributed by atoms with van der Waals surface area (Å²) in [4.78, 5) is 11.9. The lowest BCUT2D eigenvalue weighted by atomic mass is 10.0. The van der Waals surface area contributed by atoms with Crippen molar-refractivity contribution in [2.24, 2.45) is 0 Å². The average Bonchev–Trinajstić information content (AvgIpc) is 2.61. The summed E-state index contributed by atoms with van der Waals surface area (Å²) in [6.07, 6.45) is 0. The second kappa shape index (κ2) is 8.43. The first kappa shape index (κ1) is 20.8. The van der Waals surface area contributed by atoms with Crippen LogP contribution in [0.5, 0.6) is 5.75 Å². The first-order valence-corrected chi connectivity index (χ1v) is 10.2. The fraction of sp³-hybridized carbons (Fsp3) is 0.350. The van der Waals surface area contributed by atoms with Crippen LogP contribution in [-0.2, 0) is 14.8 Å². The number of anilines is 1. The highest BCUT2D eigenvalue weighted by Gasteiger charge is 2.21. The second-order valence-electron chi connectivity index (χ2n) is 6.42. The Balaban J connectivity index is 2.34. The molecule has 0 saturated heterocycles. The van der Waals surface area contributed by atoms with Crippen LogP contribution in [0.1, 0.15) is 48.2 Å². The Morgan fingerprint density at radius 3 is 2.30 bits per heavy atom. The van der Waals surface area contributed by atoms with Crippen molar-refractivity contribution in [3.8, 4) is 5.75 Å². The molecule has 2 aromatic rings. The molecule has 0 atom stereocenters. The smallest absolute Gasteiger partial charge is 0.338 e. The minimum Gasteiger partial charge on any atom is -0.496 e. The Labute approximate surface area is 160 Å². The number of hydrogen-bond donors (Lipinski definition) is 1. The summed E-state index contributed by atoms with van der Waals surface area (Å²) >= 11 is 0. The molecule has 0 saturated carbocycles. The second-order valence-corrected chi connectivity index (χ2v) is 8.07. The highest BCUT2D eigenvalue weighted by Crippen LogP contribution is 2.32. The number of carbonyl (C=O) groups is 1. The van der Waals surface area contributed by atoms with Crippen LogP contribution >= 0.6 is 0 Å². The maximum Gasteiger partial charge on any atom is 0.338 e. The van der Waals surface area contributed by atoms with Crippen LogP contribution in [-0.4, -0.2) is 28.1 Å². The summed E-state index contributed by atoms with van der Waals surface area (Å²) in [6.45, 7) is 7.69. The molecule has 0 aliphatic carbocycles. The van der Waals surface area contributed by atoms with Gasteiger partial charge in [-0.05, 0) is 67.3 Å². The number of esters is 1. The van der Waals surface area contributed by atoms with Crippen LogP contribution < -0.4 is 9.46 Å². The fourth-order valence-electron chi connectivity index (χ4n) is 2.69. The standard InChI is InChI=1S/C20H25NO5S/c1-6-26-20(22)15-7-9-16(10-8-15)21-27(23,24)19-12-17(13(2)3)18(25-5)11-14(19)4/h7-13,21H,6H2,1-5H3. The predicted molar refractivity (Wildman–Crippen MR) is 105 cm³/mol. The lowest BCUT2D eigenvalue weighted by molar-refractivity contribution is 0.0526. The van der Waals surface area contributed by atoms with E-state index in [1.807, 2.05) is 13.8 Å². The van der Waals surface area contributed by atoms with Crippen LogP contribution in [0, 0.1) is 6.92 Å². The molecule has 0 radical (unpaired) electrons. The number of nitrogens with one attached hydrogen (secondary N) is 1. The first-order valence-electron chi connectivity index (χ1n) is 8.68. The number of methoxy groups -OCH3 is 1. The minimum atomic E-state index is -3.79. The fourth-order valence-corrected chi connectivity index (χ4v) is 4.01. The van der Waals surface area contributed by atoms with Gasteiger partial charge in [-0.1, -0.05) is 13.8 Å². The van der Waals surface area contributed by atoms with Gasteiger partial charge >= 0.3 is 5.97 Å². The molecule has 0 bridgehead atoms. The molecule has 0 aromatic heterocycles. The SMILES string of the molecule is CCOC(=O)c1ccc(NS(=O)(=O)c2cc(C(C)C)c(OC)cc2C)cc1. The van der Waals surface area contributed by atoms with Gasteiger partial charge in [-0.2, -0.15) is 0 Å². The Hall–Kier alpha value is -2.54. The molecular weight excluding hydrogens is 366 g/mol. The van der Waals surface area contributed by atoms with E-state index < -0.39 is 16.0 Å². The van der Waals surface area contributed by atoms with E-state index in [0.717, 1.165) is 5.56 Å². The molecule has 2 aromatic carbocycles. The number of benzene rings is 2. The molecule has 0 unspecified atom stereocenters. The van der Waals surface area contributed by atoms with Crippen LogP contribution in [0.15, 0.2) is 41.3 Å². The lowest BCUT2D eigenvalue weighted by Gasteiger charge is -2.17. The molecule has 6 nitrogen and oxygen atoms in total. The zero-order chi connectivity index (χ0) is 20.2. The number of ether oxygens (including phenoxy) is 2. The van der Waals surface area contributed by atoms with Crippen molar-refractivity contribution in [2.75, 3.05) is 18.4 Å². The minimum absolute atomic E-state index is 0.110. The number of carbonyl (C=O) groups excluding carboxylic acids is 1. The van der Waals surface area contributed by atoms with Gasteiger partial charge in [0.05, 0.1) is 24.2 Å². The normalized spacial score (nSPS) is 11.3. The van der Waals surface area contributed by atoms with Crippen molar-refractivity contribution in [2.45, 2.75) is 38.5 Å².